The fourth-order valence-corrected chi connectivity index (χ4v) is 9.67. The number of anilines is 3. The number of hydrogen-bond acceptors (Lipinski definition) is 1. The lowest BCUT2D eigenvalue weighted by molar-refractivity contribution is 0.550. The Kier molecular flexibility index (Phi) is 6.76. The third-order valence-electron chi connectivity index (χ3n) is 12.1. The minimum Gasteiger partial charge on any atom is -0.310 e. The Morgan fingerprint density at radius 2 is 1.06 bits per heavy atom. The zero-order valence-corrected chi connectivity index (χ0v) is 29.5. The summed E-state index contributed by atoms with van der Waals surface area (Å²) in [7, 11) is 0. The lowest BCUT2D eigenvalue weighted by Crippen LogP contribution is -2.21. The molecule has 1 fully saturated rings. The molecule has 2 aliphatic carbocycles. The third kappa shape index (κ3) is 4.65. The molecule has 1 aromatic heterocycles. The summed E-state index contributed by atoms with van der Waals surface area (Å²) in [5.41, 5.74) is 15.4. The Morgan fingerprint density at radius 1 is 0.415 bits per heavy atom. The van der Waals surface area contributed by atoms with Crippen molar-refractivity contribution in [3.05, 3.63) is 193 Å². The molecule has 2 nitrogen and oxygen atoms in total. The van der Waals surface area contributed by atoms with E-state index in [0.717, 1.165) is 11.4 Å². The molecule has 0 bridgehead atoms. The molecule has 11 rings (SSSR count). The van der Waals surface area contributed by atoms with Gasteiger partial charge in [0.15, 0.2) is 0 Å². The molecule has 252 valence electrons. The highest BCUT2D eigenvalue weighted by molar-refractivity contribution is 6.10. The lowest BCUT2D eigenvalue weighted by atomic mass is 9.76. The van der Waals surface area contributed by atoms with Gasteiger partial charge in [0.05, 0.1) is 11.0 Å². The van der Waals surface area contributed by atoms with Crippen LogP contribution in [0, 0.1) is 0 Å². The Bertz CT molecular complexity index is 2840. The van der Waals surface area contributed by atoms with Crippen LogP contribution in [0.5, 0.6) is 0 Å². The van der Waals surface area contributed by atoms with Gasteiger partial charge in [-0.3, -0.25) is 0 Å². The normalized spacial score (nSPS) is 14.3. The molecule has 2 heteroatoms. The molecule has 1 spiro atoms. The number of nitrogens with zero attached hydrogens (tertiary/aromatic N) is 2. The Labute approximate surface area is 310 Å². The highest BCUT2D eigenvalue weighted by atomic mass is 15.1. The largest absolute Gasteiger partial charge is 0.310 e. The SMILES string of the molecule is c1ccc(-n2c3ccccc3c3ccc(N(c4ccc(-c5ccc6ccccc6c5)cc4)c4ccc5c(c4)C4(CCCC4)c4ccccc4-5)cc32)cc1. The molecule has 0 aliphatic heterocycles. The van der Waals surface area contributed by atoms with Crippen LogP contribution in [-0.4, -0.2) is 4.57 Å². The van der Waals surface area contributed by atoms with Crippen LogP contribution in [0.1, 0.15) is 36.8 Å². The van der Waals surface area contributed by atoms with Crippen LogP contribution in [0.2, 0.25) is 0 Å². The molecule has 0 radical (unpaired) electrons. The van der Waals surface area contributed by atoms with E-state index in [-0.39, 0.29) is 5.41 Å². The number of para-hydroxylation sites is 2. The first-order chi connectivity index (χ1) is 26.2. The molecule has 0 N–H and O–H groups in total. The molecular formula is C51H38N2. The number of hydrogen-bond donors (Lipinski definition) is 0. The minimum atomic E-state index is 0.0945. The van der Waals surface area contributed by atoms with Crippen molar-refractivity contribution < 1.29 is 0 Å². The summed E-state index contributed by atoms with van der Waals surface area (Å²) in [4.78, 5) is 2.47. The molecule has 0 unspecified atom stereocenters. The van der Waals surface area contributed by atoms with Gasteiger partial charge in [0.2, 0.25) is 0 Å². The summed E-state index contributed by atoms with van der Waals surface area (Å²) in [5.74, 6) is 0. The third-order valence-corrected chi connectivity index (χ3v) is 12.1. The van der Waals surface area contributed by atoms with Crippen molar-refractivity contribution in [1.29, 1.82) is 0 Å². The molecule has 1 saturated carbocycles. The van der Waals surface area contributed by atoms with Crippen molar-refractivity contribution in [2.75, 3.05) is 4.90 Å². The van der Waals surface area contributed by atoms with Gasteiger partial charge in [0.1, 0.15) is 0 Å². The second-order valence-electron chi connectivity index (χ2n) is 14.9. The smallest absolute Gasteiger partial charge is 0.0561 e. The van der Waals surface area contributed by atoms with Gasteiger partial charge in [-0.15, -0.1) is 0 Å². The summed E-state index contributed by atoms with van der Waals surface area (Å²) >= 11 is 0. The fraction of sp³-hybridized carbons (Fsp3) is 0.0980. The second kappa shape index (κ2) is 11.8. The quantitative estimate of drug-likeness (QED) is 0.176. The van der Waals surface area contributed by atoms with Gasteiger partial charge in [-0.1, -0.05) is 134 Å². The Hall–Kier alpha value is -6.38. The maximum Gasteiger partial charge on any atom is 0.0561 e. The second-order valence-corrected chi connectivity index (χ2v) is 14.9. The van der Waals surface area contributed by atoms with Crippen molar-refractivity contribution in [3.8, 4) is 27.9 Å². The zero-order valence-electron chi connectivity index (χ0n) is 29.5. The van der Waals surface area contributed by atoms with Gasteiger partial charge < -0.3 is 9.47 Å². The topological polar surface area (TPSA) is 8.17 Å². The first-order valence-corrected chi connectivity index (χ1v) is 19.0. The van der Waals surface area contributed by atoms with E-state index in [1.165, 1.54) is 103 Å². The van der Waals surface area contributed by atoms with E-state index in [1.54, 1.807) is 0 Å². The fourth-order valence-electron chi connectivity index (χ4n) is 9.67. The monoisotopic (exact) mass is 678 g/mol. The maximum atomic E-state index is 2.52. The highest BCUT2D eigenvalue weighted by Gasteiger charge is 2.45. The first-order valence-electron chi connectivity index (χ1n) is 19.0. The Morgan fingerprint density at radius 3 is 1.92 bits per heavy atom. The van der Waals surface area contributed by atoms with E-state index in [4.69, 9.17) is 0 Å². The Balaban J connectivity index is 1.11. The van der Waals surface area contributed by atoms with E-state index >= 15 is 0 Å². The predicted molar refractivity (Wildman–Crippen MR) is 223 cm³/mol. The van der Waals surface area contributed by atoms with Crippen LogP contribution in [0.25, 0.3) is 60.5 Å². The van der Waals surface area contributed by atoms with Gasteiger partial charge >= 0.3 is 0 Å². The van der Waals surface area contributed by atoms with Gasteiger partial charge in [0, 0.05) is 38.9 Å². The van der Waals surface area contributed by atoms with E-state index in [0.29, 0.717) is 0 Å². The number of rotatable bonds is 5. The van der Waals surface area contributed by atoms with E-state index in [1.807, 2.05) is 0 Å². The van der Waals surface area contributed by atoms with Crippen LogP contribution in [0.4, 0.5) is 17.1 Å². The molecule has 0 atom stereocenters. The molecule has 8 aromatic carbocycles. The van der Waals surface area contributed by atoms with Crippen molar-refractivity contribution in [1.82, 2.24) is 4.57 Å². The van der Waals surface area contributed by atoms with Crippen molar-refractivity contribution in [2.24, 2.45) is 0 Å². The number of fused-ring (bicyclic) bond motifs is 9. The van der Waals surface area contributed by atoms with Crippen molar-refractivity contribution >= 4 is 49.6 Å². The van der Waals surface area contributed by atoms with Gasteiger partial charge in [-0.05, 0) is 118 Å². The van der Waals surface area contributed by atoms with Crippen molar-refractivity contribution in [2.45, 2.75) is 31.1 Å². The van der Waals surface area contributed by atoms with Crippen LogP contribution in [0.15, 0.2) is 182 Å². The first kappa shape index (κ1) is 30.3. The van der Waals surface area contributed by atoms with E-state index in [2.05, 4.69) is 191 Å². The zero-order chi connectivity index (χ0) is 34.9. The molecule has 0 saturated heterocycles. The molecular weight excluding hydrogens is 641 g/mol. The summed E-state index contributed by atoms with van der Waals surface area (Å²) in [6.45, 7) is 0. The van der Waals surface area contributed by atoms with E-state index < -0.39 is 0 Å². The molecule has 53 heavy (non-hydrogen) atoms. The van der Waals surface area contributed by atoms with Crippen LogP contribution < -0.4 is 4.90 Å². The predicted octanol–water partition coefficient (Wildman–Crippen LogP) is 13.9. The standard InChI is InChI=1S/C51H38N2/c1-2-14-39(15-3-1)53-49-19-9-7-17-45(49)46-29-27-42(34-50(46)53)52(40-24-22-36(23-25-40)38-21-20-35-12-4-5-13-37(35)32-38)41-26-28-44-43-16-6-8-18-47(43)51(48(44)33-41)30-10-11-31-51/h1-9,12-29,32-34H,10-11,30-31H2. The van der Waals surface area contributed by atoms with Gasteiger partial charge in [0.25, 0.3) is 0 Å². The summed E-state index contributed by atoms with van der Waals surface area (Å²) in [6.07, 6.45) is 4.98. The summed E-state index contributed by atoms with van der Waals surface area (Å²) < 4.78 is 2.42. The maximum absolute atomic E-state index is 2.52. The molecule has 0 amide bonds. The summed E-state index contributed by atoms with van der Waals surface area (Å²) in [5, 5.41) is 5.05. The molecule has 9 aromatic rings. The van der Waals surface area contributed by atoms with Gasteiger partial charge in [-0.25, -0.2) is 0 Å². The molecule has 1 heterocycles. The van der Waals surface area contributed by atoms with Gasteiger partial charge in [-0.2, -0.15) is 0 Å². The highest BCUT2D eigenvalue weighted by Crippen LogP contribution is 2.58. The van der Waals surface area contributed by atoms with Crippen LogP contribution >= 0.6 is 0 Å². The number of benzene rings is 8. The van der Waals surface area contributed by atoms with E-state index in [9.17, 15) is 0 Å². The average molecular weight is 679 g/mol. The number of aromatic nitrogens is 1. The van der Waals surface area contributed by atoms with Crippen molar-refractivity contribution in [3.63, 3.8) is 0 Å². The van der Waals surface area contributed by atoms with Crippen LogP contribution in [-0.2, 0) is 5.41 Å². The average Bonchev–Trinajstić information content (AvgIpc) is 3.92. The summed E-state index contributed by atoms with van der Waals surface area (Å²) in [6, 6.07) is 67.6. The van der Waals surface area contributed by atoms with Crippen LogP contribution in [0.3, 0.4) is 0 Å². The minimum absolute atomic E-state index is 0.0945. The lowest BCUT2D eigenvalue weighted by Gasteiger charge is -2.30. The molecule has 2 aliphatic rings.